The Morgan fingerprint density at radius 2 is 1.63 bits per heavy atom. The van der Waals surface area contributed by atoms with Crippen molar-refractivity contribution in [3.8, 4) is 0 Å². The average Bonchev–Trinajstić information content (AvgIpc) is 2.57. The van der Waals surface area contributed by atoms with Crippen molar-refractivity contribution >= 4 is 11.9 Å². The second kappa shape index (κ2) is 6.33. The second-order valence-corrected chi connectivity index (χ2v) is 9.45. The molecule has 1 aromatic carbocycles. The number of piperidine rings is 2. The van der Waals surface area contributed by atoms with Crippen molar-refractivity contribution in [2.75, 3.05) is 13.1 Å². The van der Waals surface area contributed by atoms with Gasteiger partial charge in [0.15, 0.2) is 0 Å². The number of carbonyl (C=O) groups is 2. The third kappa shape index (κ3) is 2.78. The molecular weight excluding hydrogens is 342 g/mol. The maximum Gasteiger partial charge on any atom is 0.414 e. The van der Waals surface area contributed by atoms with E-state index in [0.717, 1.165) is 6.04 Å². The van der Waals surface area contributed by atoms with Gasteiger partial charge in [-0.3, -0.25) is 4.90 Å². The third-order valence-corrected chi connectivity index (χ3v) is 8.04. The van der Waals surface area contributed by atoms with Crippen LogP contribution in [-0.2, 0) is 21.4 Å². The number of fused-ring (bicyclic) bond motifs is 2. The largest absolute Gasteiger partial charge is 0.473 e. The maximum atomic E-state index is 9.10. The molecule has 5 nitrogen and oxygen atoms in total. The summed E-state index contributed by atoms with van der Waals surface area (Å²) in [5.41, 5.74) is 5.84. The van der Waals surface area contributed by atoms with Gasteiger partial charge >= 0.3 is 11.9 Å². The molecule has 2 saturated heterocycles. The van der Waals surface area contributed by atoms with Crippen LogP contribution >= 0.6 is 0 Å². The maximum absolute atomic E-state index is 9.10. The summed E-state index contributed by atoms with van der Waals surface area (Å²) in [6.45, 7) is 15.1. The van der Waals surface area contributed by atoms with Crippen molar-refractivity contribution in [3.05, 3.63) is 34.9 Å². The van der Waals surface area contributed by atoms with Crippen molar-refractivity contribution in [1.82, 2.24) is 4.90 Å². The minimum absolute atomic E-state index is 0.331. The van der Waals surface area contributed by atoms with E-state index < -0.39 is 11.9 Å². The second-order valence-electron chi connectivity index (χ2n) is 9.45. The Bertz CT molecular complexity index is 775. The number of aliphatic carboxylic acids is 2. The van der Waals surface area contributed by atoms with E-state index in [1.54, 1.807) is 11.1 Å². The average molecular weight is 373 g/mol. The van der Waals surface area contributed by atoms with E-state index in [1.807, 2.05) is 0 Å². The number of hydrogen-bond acceptors (Lipinski definition) is 3. The normalized spacial score (nSPS) is 35.3. The lowest BCUT2D eigenvalue weighted by molar-refractivity contribution is -0.161. The molecule has 0 radical (unpaired) electrons. The lowest BCUT2D eigenvalue weighted by Crippen LogP contribution is -2.72. The summed E-state index contributed by atoms with van der Waals surface area (Å²) in [4.78, 5) is 21.0. The molecule has 4 unspecified atom stereocenters. The van der Waals surface area contributed by atoms with Gasteiger partial charge in [-0.15, -0.1) is 0 Å². The van der Waals surface area contributed by atoms with E-state index in [-0.39, 0.29) is 0 Å². The summed E-state index contributed by atoms with van der Waals surface area (Å²) < 4.78 is 0. The fraction of sp³-hybridized carbons (Fsp3) is 0.636. The monoisotopic (exact) mass is 373 g/mol. The number of carboxylic acid groups (broad SMARTS) is 2. The summed E-state index contributed by atoms with van der Waals surface area (Å²) >= 11 is 0. The zero-order chi connectivity index (χ0) is 20.2. The van der Waals surface area contributed by atoms with E-state index in [2.05, 4.69) is 57.7 Å². The van der Waals surface area contributed by atoms with Crippen LogP contribution in [-0.4, -0.2) is 46.2 Å². The molecular formula is C22H31NO4. The number of hydrogen-bond donors (Lipinski definition) is 2. The number of carboxylic acids is 2. The molecule has 5 heteroatoms. The molecule has 3 aliphatic rings. The number of benzene rings is 1. The molecule has 4 atom stereocenters. The van der Waals surface area contributed by atoms with Crippen molar-refractivity contribution in [2.24, 2.45) is 10.8 Å². The number of aryl methyl sites for hydroxylation is 1. The molecule has 2 aliphatic heterocycles. The molecule has 0 aromatic heterocycles. The van der Waals surface area contributed by atoms with Crippen LogP contribution in [0.15, 0.2) is 18.2 Å². The highest BCUT2D eigenvalue weighted by Gasteiger charge is 2.65. The Labute approximate surface area is 161 Å². The summed E-state index contributed by atoms with van der Waals surface area (Å²) in [6.07, 6.45) is 3.92. The summed E-state index contributed by atoms with van der Waals surface area (Å²) in [7, 11) is 0. The fourth-order valence-electron chi connectivity index (χ4n) is 6.00. The van der Waals surface area contributed by atoms with Crippen molar-refractivity contribution in [1.29, 1.82) is 0 Å². The Morgan fingerprint density at radius 1 is 1.04 bits per heavy atom. The van der Waals surface area contributed by atoms with Crippen LogP contribution < -0.4 is 0 Å². The molecule has 0 spiro atoms. The van der Waals surface area contributed by atoms with Crippen molar-refractivity contribution < 1.29 is 19.8 Å². The van der Waals surface area contributed by atoms with Gasteiger partial charge in [-0.05, 0) is 61.2 Å². The molecule has 148 valence electrons. The Kier molecular flexibility index (Phi) is 4.66. The summed E-state index contributed by atoms with van der Waals surface area (Å²) in [6, 6.07) is 7.95. The van der Waals surface area contributed by atoms with Crippen LogP contribution in [0.25, 0.3) is 0 Å². The molecule has 2 heterocycles. The Hall–Kier alpha value is -1.88. The first-order valence-corrected chi connectivity index (χ1v) is 9.74. The topological polar surface area (TPSA) is 77.8 Å². The van der Waals surface area contributed by atoms with E-state index in [1.165, 1.54) is 37.9 Å². The molecule has 2 N–H and O–H groups in total. The number of nitrogens with zero attached hydrogens (tertiary/aromatic N) is 1. The van der Waals surface area contributed by atoms with Gasteiger partial charge in [0.05, 0.1) is 0 Å². The van der Waals surface area contributed by atoms with Gasteiger partial charge in [0, 0.05) is 11.5 Å². The van der Waals surface area contributed by atoms with Crippen molar-refractivity contribution in [3.63, 3.8) is 0 Å². The van der Waals surface area contributed by atoms with E-state index in [0.29, 0.717) is 16.2 Å². The van der Waals surface area contributed by atoms with Gasteiger partial charge < -0.3 is 10.2 Å². The zero-order valence-corrected chi connectivity index (χ0v) is 17.0. The lowest BCUT2D eigenvalue weighted by Gasteiger charge is -2.70. The van der Waals surface area contributed by atoms with Gasteiger partial charge in [0.25, 0.3) is 0 Å². The van der Waals surface area contributed by atoms with Gasteiger partial charge in [-0.25, -0.2) is 9.59 Å². The van der Waals surface area contributed by atoms with Crippen LogP contribution in [0.1, 0.15) is 57.2 Å². The first-order valence-electron chi connectivity index (χ1n) is 9.74. The lowest BCUT2D eigenvalue weighted by atomic mass is 9.40. The fourth-order valence-corrected chi connectivity index (χ4v) is 6.00. The van der Waals surface area contributed by atoms with Crippen LogP contribution in [0.2, 0.25) is 0 Å². The third-order valence-electron chi connectivity index (χ3n) is 8.04. The van der Waals surface area contributed by atoms with Gasteiger partial charge in [-0.2, -0.15) is 0 Å². The van der Waals surface area contributed by atoms with Crippen LogP contribution in [0, 0.1) is 17.8 Å². The first-order chi connectivity index (χ1) is 12.4. The highest BCUT2D eigenvalue weighted by atomic mass is 16.4. The van der Waals surface area contributed by atoms with Gasteiger partial charge in [0.2, 0.25) is 0 Å². The van der Waals surface area contributed by atoms with E-state index in [4.69, 9.17) is 19.8 Å². The molecule has 4 bridgehead atoms. The molecule has 1 aliphatic carbocycles. The minimum Gasteiger partial charge on any atom is -0.473 e. The molecule has 1 aromatic rings. The first kappa shape index (κ1) is 19.9. The standard InChI is InChI=1S/C20H29N.C2H2O4/c1-14-6-7-15-13-17-20(5)18(2,3)8-10-21(17)11-9-19(20,4)16(15)12-14;3-1(4)2(5)6/h6-7,12,17H,8-11,13H2,1-5H3;(H,3,4)(H,5,6). The SMILES string of the molecule is Cc1ccc2c(c1)C1(C)CCN3CCC(C)(C)C1(C)C3C2.O=C(O)C(=O)O. The molecule has 0 amide bonds. The minimum atomic E-state index is -1.82. The highest BCUT2D eigenvalue weighted by molar-refractivity contribution is 6.27. The van der Waals surface area contributed by atoms with Gasteiger partial charge in [-0.1, -0.05) is 51.5 Å². The van der Waals surface area contributed by atoms with Gasteiger partial charge in [0.1, 0.15) is 0 Å². The number of rotatable bonds is 0. The zero-order valence-electron chi connectivity index (χ0n) is 17.0. The van der Waals surface area contributed by atoms with E-state index >= 15 is 0 Å². The van der Waals surface area contributed by atoms with Crippen LogP contribution in [0.4, 0.5) is 0 Å². The Balaban J connectivity index is 0.000000307. The quantitative estimate of drug-likeness (QED) is 0.681. The molecule has 27 heavy (non-hydrogen) atoms. The molecule has 0 saturated carbocycles. The van der Waals surface area contributed by atoms with E-state index in [9.17, 15) is 0 Å². The summed E-state index contributed by atoms with van der Waals surface area (Å²) in [5.74, 6) is -3.65. The Morgan fingerprint density at radius 3 is 2.22 bits per heavy atom. The van der Waals surface area contributed by atoms with Crippen molar-refractivity contribution in [2.45, 2.75) is 65.3 Å². The predicted octanol–water partition coefficient (Wildman–Crippen LogP) is 3.47. The predicted molar refractivity (Wildman–Crippen MR) is 104 cm³/mol. The molecule has 2 fully saturated rings. The van der Waals surface area contributed by atoms with Crippen LogP contribution in [0.5, 0.6) is 0 Å². The van der Waals surface area contributed by atoms with Crippen LogP contribution in [0.3, 0.4) is 0 Å². The highest BCUT2D eigenvalue weighted by Crippen LogP contribution is 2.66. The molecule has 4 rings (SSSR count). The summed E-state index contributed by atoms with van der Waals surface area (Å²) in [5, 5.41) is 14.8. The smallest absolute Gasteiger partial charge is 0.414 e.